The van der Waals surface area contributed by atoms with Crippen LogP contribution in [0.2, 0.25) is 0 Å². The molecule has 0 aliphatic rings. The van der Waals surface area contributed by atoms with Crippen molar-refractivity contribution in [1.82, 2.24) is 0 Å². The first-order valence-corrected chi connectivity index (χ1v) is 5.03. The maximum atomic E-state index is 9.71. The highest BCUT2D eigenvalue weighted by molar-refractivity contribution is 7.85. The first-order chi connectivity index (χ1) is 5.87. The number of aliphatic hydroxyl groups excluding tert-OH is 3. The van der Waals surface area contributed by atoms with Crippen molar-refractivity contribution < 1.29 is 28.3 Å². The van der Waals surface area contributed by atoms with Gasteiger partial charge in [0.25, 0.3) is 10.1 Å². The van der Waals surface area contributed by atoms with Crippen LogP contribution in [-0.2, 0) is 10.1 Å². The molecule has 0 aromatic heterocycles. The third kappa shape index (κ3) is 18.6. The van der Waals surface area contributed by atoms with Gasteiger partial charge in [0, 0.05) is 6.54 Å². The van der Waals surface area contributed by atoms with Gasteiger partial charge in [-0.2, -0.15) is 8.42 Å². The molecule has 7 nitrogen and oxygen atoms in total. The van der Waals surface area contributed by atoms with Crippen molar-refractivity contribution >= 4 is 10.1 Å². The standard InChI is InChI=1S/C3H8O3.C2H7NO3S/c4-1-3(6)2-5;3-1-2-7(4,5)6/h3-6H,1-2H2;1-3H2,(H,4,5,6). The predicted octanol–water partition coefficient (Wildman–Crippen LogP) is -2.84. The van der Waals surface area contributed by atoms with Gasteiger partial charge in [0.15, 0.2) is 0 Å². The van der Waals surface area contributed by atoms with Gasteiger partial charge in [0.1, 0.15) is 6.10 Å². The van der Waals surface area contributed by atoms with Crippen LogP contribution in [0.3, 0.4) is 0 Å². The van der Waals surface area contributed by atoms with Crippen molar-refractivity contribution in [1.29, 1.82) is 0 Å². The van der Waals surface area contributed by atoms with Crippen LogP contribution in [0.1, 0.15) is 0 Å². The zero-order valence-electron chi connectivity index (χ0n) is 7.00. The summed E-state index contributed by atoms with van der Waals surface area (Å²) in [7, 11) is -3.80. The molecule has 0 heterocycles. The molecule has 0 radical (unpaired) electrons. The molecular weight excluding hydrogens is 202 g/mol. The molecule has 0 aliphatic carbocycles. The monoisotopic (exact) mass is 217 g/mol. The van der Waals surface area contributed by atoms with E-state index in [2.05, 4.69) is 0 Å². The quantitative estimate of drug-likeness (QED) is 0.319. The molecule has 0 saturated carbocycles. The van der Waals surface area contributed by atoms with Crippen LogP contribution >= 0.6 is 0 Å². The average molecular weight is 217 g/mol. The average Bonchev–Trinajstić information content (AvgIpc) is 2.02. The van der Waals surface area contributed by atoms with Crippen molar-refractivity contribution in [2.24, 2.45) is 5.73 Å². The largest absolute Gasteiger partial charge is 0.394 e. The van der Waals surface area contributed by atoms with E-state index >= 15 is 0 Å². The second-order valence-corrected chi connectivity index (χ2v) is 3.67. The molecule has 0 saturated heterocycles. The Hall–Kier alpha value is -0.250. The van der Waals surface area contributed by atoms with E-state index in [1.165, 1.54) is 0 Å². The second kappa shape index (κ2) is 8.35. The van der Waals surface area contributed by atoms with Crippen LogP contribution in [0.15, 0.2) is 0 Å². The molecule has 0 aliphatic heterocycles. The van der Waals surface area contributed by atoms with Gasteiger partial charge in [-0.25, -0.2) is 0 Å². The Morgan fingerprint density at radius 3 is 1.62 bits per heavy atom. The second-order valence-electron chi connectivity index (χ2n) is 2.09. The lowest BCUT2D eigenvalue weighted by atomic mass is 10.4. The summed E-state index contributed by atoms with van der Waals surface area (Å²) in [5.41, 5.74) is 4.78. The first kappa shape index (κ1) is 15.2. The molecular formula is C5H15NO6S. The van der Waals surface area contributed by atoms with Crippen LogP contribution in [0.5, 0.6) is 0 Å². The summed E-state index contributed by atoms with van der Waals surface area (Å²) in [4.78, 5) is 0. The minimum absolute atomic E-state index is 0.0289. The lowest BCUT2D eigenvalue weighted by molar-refractivity contribution is 0.0450. The minimum atomic E-state index is -3.80. The van der Waals surface area contributed by atoms with E-state index < -0.39 is 16.2 Å². The molecule has 0 amide bonds. The fourth-order valence-electron chi connectivity index (χ4n) is 0.207. The molecule has 82 valence electrons. The Bertz CT molecular complexity index is 187. The van der Waals surface area contributed by atoms with Gasteiger partial charge in [0.05, 0.1) is 19.0 Å². The van der Waals surface area contributed by atoms with E-state index in [4.69, 9.17) is 25.6 Å². The Morgan fingerprint density at radius 1 is 1.23 bits per heavy atom. The van der Waals surface area contributed by atoms with Gasteiger partial charge in [0.2, 0.25) is 0 Å². The maximum absolute atomic E-state index is 9.71. The number of hydrogen-bond acceptors (Lipinski definition) is 6. The van der Waals surface area contributed by atoms with Gasteiger partial charge in [-0.15, -0.1) is 0 Å². The van der Waals surface area contributed by atoms with E-state index in [1.54, 1.807) is 0 Å². The predicted molar refractivity (Wildman–Crippen MR) is 45.6 cm³/mol. The molecule has 13 heavy (non-hydrogen) atoms. The van der Waals surface area contributed by atoms with Crippen molar-refractivity contribution in [3.8, 4) is 0 Å². The zero-order chi connectivity index (χ0) is 10.9. The number of nitrogens with two attached hydrogens (primary N) is 1. The zero-order valence-corrected chi connectivity index (χ0v) is 7.81. The third-order valence-corrected chi connectivity index (χ3v) is 1.55. The van der Waals surface area contributed by atoms with Crippen molar-refractivity contribution in [2.45, 2.75) is 6.10 Å². The van der Waals surface area contributed by atoms with Gasteiger partial charge >= 0.3 is 0 Å². The highest BCUT2D eigenvalue weighted by Gasteiger charge is 1.98. The van der Waals surface area contributed by atoms with Crippen LogP contribution in [0.25, 0.3) is 0 Å². The van der Waals surface area contributed by atoms with E-state index in [9.17, 15) is 8.42 Å². The van der Waals surface area contributed by atoms with E-state index in [1.807, 2.05) is 0 Å². The van der Waals surface area contributed by atoms with Gasteiger partial charge in [-0.1, -0.05) is 0 Å². The van der Waals surface area contributed by atoms with Crippen molar-refractivity contribution in [3.05, 3.63) is 0 Å². The van der Waals surface area contributed by atoms with E-state index in [-0.39, 0.29) is 25.5 Å². The summed E-state index contributed by atoms with van der Waals surface area (Å²) in [5.74, 6) is -0.354. The highest BCUT2D eigenvalue weighted by atomic mass is 32.2. The summed E-state index contributed by atoms with van der Waals surface area (Å²) in [5, 5.41) is 24.0. The summed E-state index contributed by atoms with van der Waals surface area (Å²) in [6, 6.07) is 0. The van der Waals surface area contributed by atoms with Crippen molar-refractivity contribution in [2.75, 3.05) is 25.5 Å². The van der Waals surface area contributed by atoms with Gasteiger partial charge < -0.3 is 21.1 Å². The molecule has 0 fully saturated rings. The van der Waals surface area contributed by atoms with Gasteiger partial charge in [-0.05, 0) is 0 Å². The highest BCUT2D eigenvalue weighted by Crippen LogP contribution is 1.74. The van der Waals surface area contributed by atoms with Crippen LogP contribution in [0, 0.1) is 0 Å². The fraction of sp³-hybridized carbons (Fsp3) is 1.00. The fourth-order valence-corrected chi connectivity index (χ4v) is 0.505. The molecule has 0 unspecified atom stereocenters. The van der Waals surface area contributed by atoms with Crippen LogP contribution in [0.4, 0.5) is 0 Å². The normalized spacial score (nSPS) is 10.9. The summed E-state index contributed by atoms with van der Waals surface area (Å²) < 4.78 is 27.3. The summed E-state index contributed by atoms with van der Waals surface area (Å²) in [6.45, 7) is -0.758. The summed E-state index contributed by atoms with van der Waals surface area (Å²) in [6.07, 6.45) is -0.954. The van der Waals surface area contributed by atoms with E-state index in [0.29, 0.717) is 0 Å². The summed E-state index contributed by atoms with van der Waals surface area (Å²) >= 11 is 0. The number of aliphatic hydroxyl groups is 3. The lowest BCUT2D eigenvalue weighted by Gasteiger charge is -1.96. The Morgan fingerprint density at radius 2 is 1.62 bits per heavy atom. The van der Waals surface area contributed by atoms with E-state index in [0.717, 1.165) is 0 Å². The topological polar surface area (TPSA) is 141 Å². The Balaban J connectivity index is 0. The lowest BCUT2D eigenvalue weighted by Crippen LogP contribution is -2.15. The Kier molecular flexibility index (Phi) is 9.79. The smallest absolute Gasteiger partial charge is 0.266 e. The molecule has 0 bridgehead atoms. The molecule has 0 rings (SSSR count). The van der Waals surface area contributed by atoms with Crippen LogP contribution in [-0.4, -0.2) is 59.9 Å². The Labute approximate surface area is 76.6 Å². The van der Waals surface area contributed by atoms with Crippen molar-refractivity contribution in [3.63, 3.8) is 0 Å². The van der Waals surface area contributed by atoms with Crippen LogP contribution < -0.4 is 5.73 Å². The molecule has 6 N–H and O–H groups in total. The molecule has 0 spiro atoms. The van der Waals surface area contributed by atoms with Gasteiger partial charge in [-0.3, -0.25) is 4.55 Å². The number of hydrogen-bond donors (Lipinski definition) is 5. The molecule has 0 aromatic carbocycles. The number of rotatable bonds is 4. The first-order valence-electron chi connectivity index (χ1n) is 3.42. The molecule has 0 atom stereocenters. The molecule has 0 aromatic rings. The SMILES string of the molecule is NCCS(=O)(=O)O.OCC(O)CO. The maximum Gasteiger partial charge on any atom is 0.266 e. The minimum Gasteiger partial charge on any atom is -0.394 e. The molecule has 8 heteroatoms. The third-order valence-electron chi connectivity index (χ3n) is 0.797.